The molecule has 0 aliphatic carbocycles. The van der Waals surface area contributed by atoms with E-state index in [9.17, 15) is 13.2 Å². The molecule has 31 heavy (non-hydrogen) atoms. The summed E-state index contributed by atoms with van der Waals surface area (Å²) in [5.74, 6) is -0.938. The molecule has 0 aliphatic rings. The second-order valence-corrected chi connectivity index (χ2v) is 9.47. The van der Waals surface area contributed by atoms with Gasteiger partial charge in [0.1, 0.15) is 0 Å². The van der Waals surface area contributed by atoms with Gasteiger partial charge in [-0.1, -0.05) is 48.0 Å². The largest absolute Gasteiger partial charge is 0.478 e. The third kappa shape index (κ3) is 5.52. The molecule has 0 saturated heterocycles. The van der Waals surface area contributed by atoms with Crippen LogP contribution in [0.1, 0.15) is 44.6 Å². The zero-order valence-corrected chi connectivity index (χ0v) is 18.8. The van der Waals surface area contributed by atoms with E-state index in [0.29, 0.717) is 17.0 Å². The molecule has 0 saturated carbocycles. The molecule has 6 heteroatoms. The summed E-state index contributed by atoms with van der Waals surface area (Å²) in [6.45, 7) is 5.58. The number of sulfonamides is 1. The number of hydrogen-bond donors (Lipinski definition) is 2. The van der Waals surface area contributed by atoms with Crippen LogP contribution in [0.5, 0.6) is 0 Å². The van der Waals surface area contributed by atoms with E-state index in [1.807, 2.05) is 63.2 Å². The van der Waals surface area contributed by atoms with Crippen LogP contribution in [0, 0.1) is 20.8 Å². The second kappa shape index (κ2) is 9.35. The molecule has 162 valence electrons. The van der Waals surface area contributed by atoms with Gasteiger partial charge in [-0.15, -0.1) is 0 Å². The normalized spacial score (nSPS) is 11.3. The summed E-state index contributed by atoms with van der Waals surface area (Å²) in [5.41, 5.74) is 5.32. The highest BCUT2D eigenvalue weighted by Crippen LogP contribution is 2.26. The lowest BCUT2D eigenvalue weighted by molar-refractivity contribution is 0.0697. The summed E-state index contributed by atoms with van der Waals surface area (Å²) >= 11 is 0. The van der Waals surface area contributed by atoms with E-state index in [4.69, 9.17) is 5.11 Å². The number of carbonyl (C=O) groups is 1. The van der Waals surface area contributed by atoms with Gasteiger partial charge in [0, 0.05) is 0 Å². The topological polar surface area (TPSA) is 83.5 Å². The Kier molecular flexibility index (Phi) is 6.81. The molecule has 0 amide bonds. The minimum Gasteiger partial charge on any atom is -0.478 e. The Balaban J connectivity index is 1.74. The first-order chi connectivity index (χ1) is 14.7. The van der Waals surface area contributed by atoms with Crippen molar-refractivity contribution < 1.29 is 18.3 Å². The number of benzene rings is 3. The fourth-order valence-corrected chi connectivity index (χ4v) is 5.48. The van der Waals surface area contributed by atoms with Crippen molar-refractivity contribution in [2.24, 2.45) is 0 Å². The lowest BCUT2D eigenvalue weighted by Crippen LogP contribution is -2.17. The van der Waals surface area contributed by atoms with Gasteiger partial charge in [0.25, 0.3) is 10.0 Å². The van der Waals surface area contributed by atoms with Crippen molar-refractivity contribution in [3.8, 4) is 0 Å². The molecule has 0 fully saturated rings. The highest BCUT2D eigenvalue weighted by Gasteiger charge is 2.21. The molecule has 0 aromatic heterocycles. The van der Waals surface area contributed by atoms with Crippen molar-refractivity contribution in [3.63, 3.8) is 0 Å². The fourth-order valence-electron chi connectivity index (χ4n) is 3.92. The predicted molar refractivity (Wildman–Crippen MR) is 123 cm³/mol. The quantitative estimate of drug-likeness (QED) is 0.502. The van der Waals surface area contributed by atoms with Gasteiger partial charge in [-0.3, -0.25) is 4.72 Å². The van der Waals surface area contributed by atoms with Gasteiger partial charge in [-0.2, -0.15) is 0 Å². The first-order valence-corrected chi connectivity index (χ1v) is 11.7. The number of hydrogen-bond acceptors (Lipinski definition) is 3. The third-order valence-corrected chi connectivity index (χ3v) is 6.92. The first kappa shape index (κ1) is 22.6. The third-order valence-electron chi connectivity index (χ3n) is 5.25. The molecule has 0 aliphatic heterocycles. The lowest BCUT2D eigenvalue weighted by Gasteiger charge is -2.16. The van der Waals surface area contributed by atoms with Gasteiger partial charge >= 0.3 is 5.97 Å². The molecule has 0 bridgehead atoms. The Morgan fingerprint density at radius 3 is 2.13 bits per heavy atom. The maximum absolute atomic E-state index is 13.1. The molecule has 0 atom stereocenters. The summed E-state index contributed by atoms with van der Waals surface area (Å²) in [4.78, 5) is 11.3. The van der Waals surface area contributed by atoms with Gasteiger partial charge < -0.3 is 5.11 Å². The van der Waals surface area contributed by atoms with Crippen LogP contribution in [0.25, 0.3) is 0 Å². The minimum absolute atomic E-state index is 0.269. The van der Waals surface area contributed by atoms with Gasteiger partial charge in [0.15, 0.2) is 0 Å². The van der Waals surface area contributed by atoms with E-state index >= 15 is 0 Å². The molecule has 3 aromatic rings. The van der Waals surface area contributed by atoms with E-state index in [1.54, 1.807) is 18.2 Å². The molecular weight excluding hydrogens is 410 g/mol. The molecule has 0 unspecified atom stereocenters. The highest BCUT2D eigenvalue weighted by molar-refractivity contribution is 7.92. The van der Waals surface area contributed by atoms with Crippen LogP contribution in [0.15, 0.2) is 65.6 Å². The zero-order valence-electron chi connectivity index (χ0n) is 18.0. The predicted octanol–water partition coefficient (Wildman–Crippen LogP) is 5.29. The summed E-state index contributed by atoms with van der Waals surface area (Å²) in [6, 6.07) is 18.0. The summed E-state index contributed by atoms with van der Waals surface area (Å²) in [5, 5.41) is 9.00. The van der Waals surface area contributed by atoms with E-state index in [-0.39, 0.29) is 5.56 Å². The maximum atomic E-state index is 13.1. The fraction of sp³-hybridized carbons (Fsp3) is 0.240. The number of aromatic carboxylic acids is 1. The smallest absolute Gasteiger partial charge is 0.335 e. The standard InChI is InChI=1S/C25H27NO4S/c1-17-15-18(2)24(19(3)16-17)31(29,30)26-23-10-5-4-8-21(23)9-6-7-20-11-13-22(14-12-20)25(27)28/h4-5,8,10-16,26H,6-7,9H2,1-3H3,(H,27,28). The SMILES string of the molecule is Cc1cc(C)c(S(=O)(=O)Nc2ccccc2CCCc2ccc(C(=O)O)cc2)c(C)c1. The molecule has 0 heterocycles. The molecule has 3 aromatic carbocycles. The Labute approximate surface area is 183 Å². The molecule has 0 radical (unpaired) electrons. The number of carboxylic acids is 1. The van der Waals surface area contributed by atoms with Crippen LogP contribution >= 0.6 is 0 Å². The van der Waals surface area contributed by atoms with Crippen LogP contribution in [0.4, 0.5) is 5.69 Å². The summed E-state index contributed by atoms with van der Waals surface area (Å²) in [6.07, 6.45) is 2.29. The van der Waals surface area contributed by atoms with Crippen LogP contribution in [-0.4, -0.2) is 19.5 Å². The Hall–Kier alpha value is -3.12. The van der Waals surface area contributed by atoms with Crippen molar-refractivity contribution in [1.82, 2.24) is 0 Å². The first-order valence-electron chi connectivity index (χ1n) is 10.2. The molecule has 0 spiro atoms. The number of aryl methyl sites for hydroxylation is 5. The highest BCUT2D eigenvalue weighted by atomic mass is 32.2. The maximum Gasteiger partial charge on any atom is 0.335 e. The van der Waals surface area contributed by atoms with Crippen molar-refractivity contribution >= 4 is 21.7 Å². The van der Waals surface area contributed by atoms with Crippen molar-refractivity contribution in [2.45, 2.75) is 44.9 Å². The average Bonchev–Trinajstić information content (AvgIpc) is 2.68. The van der Waals surface area contributed by atoms with E-state index in [2.05, 4.69) is 4.72 Å². The van der Waals surface area contributed by atoms with E-state index in [1.165, 1.54) is 0 Å². The summed E-state index contributed by atoms with van der Waals surface area (Å²) in [7, 11) is -3.71. The zero-order chi connectivity index (χ0) is 22.6. The van der Waals surface area contributed by atoms with Crippen LogP contribution in [0.3, 0.4) is 0 Å². The Morgan fingerprint density at radius 2 is 1.52 bits per heavy atom. The van der Waals surface area contributed by atoms with E-state index < -0.39 is 16.0 Å². The molecular formula is C25H27NO4S. The average molecular weight is 438 g/mol. The number of carboxylic acid groups (broad SMARTS) is 1. The molecule has 2 N–H and O–H groups in total. The minimum atomic E-state index is -3.71. The Morgan fingerprint density at radius 1 is 0.903 bits per heavy atom. The monoisotopic (exact) mass is 437 g/mol. The van der Waals surface area contributed by atoms with Gasteiger partial charge in [0.2, 0.25) is 0 Å². The number of nitrogens with one attached hydrogen (secondary N) is 1. The van der Waals surface area contributed by atoms with Crippen LogP contribution in [-0.2, 0) is 22.9 Å². The van der Waals surface area contributed by atoms with Gasteiger partial charge in [-0.25, -0.2) is 13.2 Å². The lowest BCUT2D eigenvalue weighted by atomic mass is 10.0. The van der Waals surface area contributed by atoms with Crippen molar-refractivity contribution in [3.05, 3.63) is 94.0 Å². The Bertz CT molecular complexity index is 1180. The summed E-state index contributed by atoms with van der Waals surface area (Å²) < 4.78 is 29.0. The number of para-hydroxylation sites is 1. The number of rotatable bonds is 8. The van der Waals surface area contributed by atoms with Crippen molar-refractivity contribution in [2.75, 3.05) is 4.72 Å². The van der Waals surface area contributed by atoms with Gasteiger partial charge in [-0.05, 0) is 80.5 Å². The second-order valence-electron chi connectivity index (χ2n) is 7.85. The van der Waals surface area contributed by atoms with Crippen molar-refractivity contribution in [1.29, 1.82) is 0 Å². The molecule has 5 nitrogen and oxygen atoms in total. The van der Waals surface area contributed by atoms with E-state index in [0.717, 1.165) is 40.7 Å². The molecule has 3 rings (SSSR count). The van der Waals surface area contributed by atoms with Crippen LogP contribution < -0.4 is 4.72 Å². The van der Waals surface area contributed by atoms with Crippen LogP contribution in [0.2, 0.25) is 0 Å². The number of anilines is 1. The van der Waals surface area contributed by atoms with Gasteiger partial charge in [0.05, 0.1) is 16.1 Å².